The Bertz CT molecular complexity index is 954. The van der Waals surface area contributed by atoms with Crippen LogP contribution in [-0.2, 0) is 14.3 Å². The fourth-order valence-corrected chi connectivity index (χ4v) is 7.79. The third-order valence-corrected chi connectivity index (χ3v) is 11.8. The lowest BCUT2D eigenvalue weighted by Crippen LogP contribution is -2.60. The number of rotatable bonds is 40. The topological polar surface area (TPSA) is 189 Å². The van der Waals surface area contributed by atoms with Crippen LogP contribution in [0.3, 0.4) is 0 Å². The molecule has 1 rings (SSSR count). The first-order valence-electron chi connectivity index (χ1n) is 24.1. The number of carbonyl (C=O) groups excluding carboxylic acids is 1. The number of amides is 1. The van der Waals surface area contributed by atoms with Gasteiger partial charge in [0, 0.05) is 0 Å². The van der Waals surface area contributed by atoms with Crippen LogP contribution in [0.4, 0.5) is 0 Å². The summed E-state index contributed by atoms with van der Waals surface area (Å²) < 4.78 is 11.1. The molecular formula is C47H91NO10. The molecule has 0 aromatic heterocycles. The zero-order valence-electron chi connectivity index (χ0n) is 37.0. The molecule has 1 saturated heterocycles. The van der Waals surface area contributed by atoms with Gasteiger partial charge in [-0.25, -0.2) is 0 Å². The Labute approximate surface area is 353 Å². The number of allylic oxidation sites excluding steroid dienone is 2. The smallest absolute Gasteiger partial charge is 0.249 e. The second kappa shape index (κ2) is 37.6. The molecule has 0 bridgehead atoms. The van der Waals surface area contributed by atoms with Crippen molar-refractivity contribution in [2.45, 2.75) is 268 Å². The van der Waals surface area contributed by atoms with Gasteiger partial charge < -0.3 is 50.5 Å². The van der Waals surface area contributed by atoms with Gasteiger partial charge in [0.05, 0.1) is 25.4 Å². The van der Waals surface area contributed by atoms with Gasteiger partial charge in [-0.2, -0.15) is 0 Å². The quantitative estimate of drug-likeness (QED) is 0.0222. The Hall–Kier alpha value is -1.15. The lowest BCUT2D eigenvalue weighted by molar-refractivity contribution is -0.303. The summed E-state index contributed by atoms with van der Waals surface area (Å²) in [6, 6.07) is -1.18. The molecule has 0 aromatic carbocycles. The maximum absolute atomic E-state index is 13.1. The maximum Gasteiger partial charge on any atom is 0.249 e. The van der Waals surface area contributed by atoms with Crippen molar-refractivity contribution in [3.8, 4) is 0 Å². The molecule has 58 heavy (non-hydrogen) atoms. The van der Waals surface area contributed by atoms with Crippen LogP contribution >= 0.6 is 0 Å². The minimum Gasteiger partial charge on any atom is -0.394 e. The van der Waals surface area contributed by atoms with E-state index in [2.05, 4.69) is 31.3 Å². The van der Waals surface area contributed by atoms with E-state index in [1.807, 2.05) is 0 Å². The minimum atomic E-state index is -1.66. The highest BCUT2D eigenvalue weighted by Gasteiger charge is 2.44. The predicted octanol–water partition coefficient (Wildman–Crippen LogP) is 8.06. The Morgan fingerprint density at radius 2 is 1.02 bits per heavy atom. The Balaban J connectivity index is 2.43. The molecule has 0 radical (unpaired) electrons. The lowest BCUT2D eigenvalue weighted by atomic mass is 9.98. The molecule has 0 spiro atoms. The largest absolute Gasteiger partial charge is 0.394 e. The SMILES string of the molecule is CCCCCCCCCC/C=C\CCC[C@@H](O)[C@@H](O)[C@H](CO[C@@H]1O[C@H](CO)[C@@H](O)[C@H](O)[C@H]1O)NC(=O)[C@@H](O)CCCCCCCCCCCCCCCCCCCC. The standard InChI is InChI=1S/C47H91NO10/c1-3-5-7-9-11-13-15-17-18-19-20-21-23-25-27-29-31-33-35-40(51)46(56)48-38(37-57-47-45(55)44(54)43(53)41(36-49)58-47)42(52)39(50)34-32-30-28-26-24-22-16-14-12-10-8-6-4-2/h26,28,38-45,47,49-55H,3-25,27,29-37H2,1-2H3,(H,48,56)/b28-26-/t38-,39+,40-,41+,42-,43+,44-,45+,47+/m0/s1. The summed E-state index contributed by atoms with van der Waals surface area (Å²) in [4.78, 5) is 13.1. The van der Waals surface area contributed by atoms with Crippen molar-refractivity contribution in [2.24, 2.45) is 0 Å². The molecule has 1 aliphatic rings. The van der Waals surface area contributed by atoms with Crippen LogP contribution in [0, 0.1) is 0 Å². The summed E-state index contributed by atoms with van der Waals surface area (Å²) in [5.74, 6) is -0.704. The van der Waals surface area contributed by atoms with Gasteiger partial charge in [-0.1, -0.05) is 187 Å². The third-order valence-electron chi connectivity index (χ3n) is 11.8. The number of carbonyl (C=O) groups is 1. The van der Waals surface area contributed by atoms with E-state index in [-0.39, 0.29) is 12.8 Å². The summed E-state index contributed by atoms with van der Waals surface area (Å²) in [5, 5.41) is 75.6. The van der Waals surface area contributed by atoms with Crippen LogP contribution in [0.2, 0.25) is 0 Å². The molecule has 1 heterocycles. The molecule has 0 unspecified atom stereocenters. The summed E-state index contributed by atoms with van der Waals surface area (Å²) in [7, 11) is 0. The Morgan fingerprint density at radius 1 is 0.586 bits per heavy atom. The van der Waals surface area contributed by atoms with E-state index in [1.54, 1.807) is 0 Å². The molecule has 9 atom stereocenters. The van der Waals surface area contributed by atoms with Gasteiger partial charge in [0.2, 0.25) is 5.91 Å². The molecule has 11 nitrogen and oxygen atoms in total. The van der Waals surface area contributed by atoms with Gasteiger partial charge in [0.15, 0.2) is 6.29 Å². The van der Waals surface area contributed by atoms with Gasteiger partial charge in [0.1, 0.15) is 36.6 Å². The highest BCUT2D eigenvalue weighted by atomic mass is 16.7. The average molecular weight is 830 g/mol. The normalized spacial score (nSPS) is 22.0. The van der Waals surface area contributed by atoms with Crippen molar-refractivity contribution in [3.05, 3.63) is 12.2 Å². The molecule has 1 amide bonds. The molecule has 0 aliphatic carbocycles. The molecule has 1 fully saturated rings. The molecular weight excluding hydrogens is 739 g/mol. The van der Waals surface area contributed by atoms with Gasteiger partial charge >= 0.3 is 0 Å². The number of aliphatic hydroxyl groups excluding tert-OH is 7. The monoisotopic (exact) mass is 830 g/mol. The molecule has 0 saturated carbocycles. The highest BCUT2D eigenvalue weighted by Crippen LogP contribution is 2.23. The summed E-state index contributed by atoms with van der Waals surface area (Å²) in [5.41, 5.74) is 0. The predicted molar refractivity (Wildman–Crippen MR) is 233 cm³/mol. The highest BCUT2D eigenvalue weighted by molar-refractivity contribution is 5.80. The van der Waals surface area contributed by atoms with Crippen LogP contribution in [0.5, 0.6) is 0 Å². The first kappa shape index (κ1) is 54.9. The molecule has 0 aromatic rings. The van der Waals surface area contributed by atoms with Crippen LogP contribution in [-0.4, -0.2) is 110 Å². The fourth-order valence-electron chi connectivity index (χ4n) is 7.79. The number of nitrogens with one attached hydrogen (secondary N) is 1. The first-order valence-corrected chi connectivity index (χ1v) is 24.1. The number of hydrogen-bond acceptors (Lipinski definition) is 10. The van der Waals surface area contributed by atoms with Crippen molar-refractivity contribution in [1.29, 1.82) is 0 Å². The van der Waals surface area contributed by atoms with E-state index < -0.39 is 74.2 Å². The van der Waals surface area contributed by atoms with E-state index in [0.29, 0.717) is 12.8 Å². The second-order valence-electron chi connectivity index (χ2n) is 17.2. The Kier molecular flexibility index (Phi) is 35.6. The molecule has 344 valence electrons. The van der Waals surface area contributed by atoms with Gasteiger partial charge in [-0.15, -0.1) is 0 Å². The summed E-state index contributed by atoms with van der Waals surface area (Å²) in [6.45, 7) is 3.43. The van der Waals surface area contributed by atoms with E-state index >= 15 is 0 Å². The summed E-state index contributed by atoms with van der Waals surface area (Å²) in [6.07, 6.45) is 28.3. The van der Waals surface area contributed by atoms with E-state index in [9.17, 15) is 40.5 Å². The second-order valence-corrected chi connectivity index (χ2v) is 17.2. The van der Waals surface area contributed by atoms with Crippen LogP contribution in [0.25, 0.3) is 0 Å². The molecule has 8 N–H and O–H groups in total. The van der Waals surface area contributed by atoms with Gasteiger partial charge in [-0.3, -0.25) is 4.79 Å². The lowest BCUT2D eigenvalue weighted by Gasteiger charge is -2.40. The third kappa shape index (κ3) is 26.9. The first-order chi connectivity index (χ1) is 28.2. The molecule has 1 aliphatic heterocycles. The fraction of sp³-hybridized carbons (Fsp3) is 0.936. The summed E-state index contributed by atoms with van der Waals surface area (Å²) >= 11 is 0. The minimum absolute atomic E-state index is 0.259. The maximum atomic E-state index is 13.1. The average Bonchev–Trinajstić information content (AvgIpc) is 3.22. The number of ether oxygens (including phenoxy) is 2. The van der Waals surface area contributed by atoms with Crippen molar-refractivity contribution in [3.63, 3.8) is 0 Å². The van der Waals surface area contributed by atoms with Crippen molar-refractivity contribution >= 4 is 5.91 Å². The van der Waals surface area contributed by atoms with E-state index in [4.69, 9.17) is 9.47 Å². The number of hydrogen-bond donors (Lipinski definition) is 8. The zero-order valence-corrected chi connectivity index (χ0v) is 37.0. The van der Waals surface area contributed by atoms with Gasteiger partial charge in [-0.05, 0) is 38.5 Å². The van der Waals surface area contributed by atoms with E-state index in [0.717, 1.165) is 38.5 Å². The van der Waals surface area contributed by atoms with Gasteiger partial charge in [0.25, 0.3) is 0 Å². The van der Waals surface area contributed by atoms with Crippen molar-refractivity contribution in [1.82, 2.24) is 5.32 Å². The van der Waals surface area contributed by atoms with Crippen LogP contribution < -0.4 is 5.32 Å². The van der Waals surface area contributed by atoms with Crippen molar-refractivity contribution in [2.75, 3.05) is 13.2 Å². The van der Waals surface area contributed by atoms with Crippen molar-refractivity contribution < 1.29 is 50.0 Å². The zero-order chi connectivity index (χ0) is 42.6. The van der Waals surface area contributed by atoms with Crippen LogP contribution in [0.15, 0.2) is 12.2 Å². The molecule has 11 heteroatoms. The number of aliphatic hydroxyl groups is 7. The number of unbranched alkanes of at least 4 members (excludes halogenated alkanes) is 26. The van der Waals surface area contributed by atoms with Crippen LogP contribution in [0.1, 0.15) is 213 Å². The Morgan fingerprint density at radius 3 is 1.48 bits per heavy atom. The van der Waals surface area contributed by atoms with E-state index in [1.165, 1.54) is 135 Å².